The summed E-state index contributed by atoms with van der Waals surface area (Å²) in [7, 11) is -4.20. The Kier molecular flexibility index (Phi) is 11.0. The van der Waals surface area contributed by atoms with E-state index in [2.05, 4.69) is 21.2 Å². The summed E-state index contributed by atoms with van der Waals surface area (Å²) < 4.78 is 30.1. The molecule has 0 heterocycles. The van der Waals surface area contributed by atoms with Gasteiger partial charge in [0, 0.05) is 29.0 Å². The Morgan fingerprint density at radius 1 is 0.884 bits per heavy atom. The number of carbonyl (C=O) groups is 2. The maximum Gasteiger partial charge on any atom is 0.264 e. The molecule has 10 heteroatoms. The molecule has 1 atom stereocenters. The fraction of sp³-hybridized carbons (Fsp3) is 0.212. The average Bonchev–Trinajstić information content (AvgIpc) is 3.00. The van der Waals surface area contributed by atoms with Crippen LogP contribution < -0.4 is 9.62 Å². The summed E-state index contributed by atoms with van der Waals surface area (Å²) >= 11 is 9.91. The highest BCUT2D eigenvalue weighted by atomic mass is 79.9. The first-order valence-electron chi connectivity index (χ1n) is 13.8. The van der Waals surface area contributed by atoms with Crippen LogP contribution in [0.5, 0.6) is 0 Å². The zero-order valence-electron chi connectivity index (χ0n) is 23.9. The van der Waals surface area contributed by atoms with Crippen molar-refractivity contribution in [2.75, 3.05) is 17.4 Å². The summed E-state index contributed by atoms with van der Waals surface area (Å²) in [6.45, 7) is 3.44. The monoisotopic (exact) mass is 681 g/mol. The standard InChI is InChI=1S/C33H33BrClN3O4S/c1-3-36-33(40)31(21-25-12-6-4-7-13-25)37(22-26-14-10-15-27(34)20-26)32(39)23-38(30-19-11-18-29(35)24(30)2)43(41,42)28-16-8-5-9-17-28/h4-20,31H,3,21-23H2,1-2H3,(H,36,40)/t31-/m1/s1. The lowest BCUT2D eigenvalue weighted by atomic mass is 10.0. The normalized spacial score (nSPS) is 11.9. The van der Waals surface area contributed by atoms with E-state index < -0.39 is 28.5 Å². The summed E-state index contributed by atoms with van der Waals surface area (Å²) in [4.78, 5) is 29.5. The van der Waals surface area contributed by atoms with Crippen LogP contribution >= 0.6 is 27.5 Å². The molecule has 0 aliphatic carbocycles. The van der Waals surface area contributed by atoms with Crippen molar-refractivity contribution < 1.29 is 18.0 Å². The van der Waals surface area contributed by atoms with Gasteiger partial charge in [-0.15, -0.1) is 0 Å². The number of likely N-dealkylation sites (N-methyl/N-ethyl adjacent to an activating group) is 1. The zero-order valence-corrected chi connectivity index (χ0v) is 27.1. The third-order valence-electron chi connectivity index (χ3n) is 6.98. The van der Waals surface area contributed by atoms with E-state index in [-0.39, 0.29) is 29.5 Å². The number of hydrogen-bond donors (Lipinski definition) is 1. The molecule has 1 N–H and O–H groups in total. The van der Waals surface area contributed by atoms with Gasteiger partial charge in [0.1, 0.15) is 12.6 Å². The largest absolute Gasteiger partial charge is 0.355 e. The molecule has 4 rings (SSSR count). The average molecular weight is 683 g/mol. The molecule has 0 saturated carbocycles. The zero-order chi connectivity index (χ0) is 31.0. The molecule has 4 aromatic carbocycles. The predicted molar refractivity (Wildman–Crippen MR) is 174 cm³/mol. The van der Waals surface area contributed by atoms with Crippen molar-refractivity contribution in [3.63, 3.8) is 0 Å². The van der Waals surface area contributed by atoms with Crippen LogP contribution in [0.3, 0.4) is 0 Å². The van der Waals surface area contributed by atoms with E-state index in [1.165, 1.54) is 17.0 Å². The minimum Gasteiger partial charge on any atom is -0.355 e. The number of sulfonamides is 1. The van der Waals surface area contributed by atoms with Crippen LogP contribution in [0.1, 0.15) is 23.6 Å². The number of amides is 2. The van der Waals surface area contributed by atoms with Crippen LogP contribution in [-0.2, 0) is 32.6 Å². The molecule has 43 heavy (non-hydrogen) atoms. The molecule has 224 valence electrons. The van der Waals surface area contributed by atoms with Crippen molar-refractivity contribution in [3.05, 3.63) is 129 Å². The minimum absolute atomic E-state index is 0.0327. The van der Waals surface area contributed by atoms with Gasteiger partial charge in [0.2, 0.25) is 11.8 Å². The van der Waals surface area contributed by atoms with E-state index in [4.69, 9.17) is 11.6 Å². The van der Waals surface area contributed by atoms with Gasteiger partial charge < -0.3 is 10.2 Å². The number of hydrogen-bond acceptors (Lipinski definition) is 4. The van der Waals surface area contributed by atoms with Crippen LogP contribution in [0.2, 0.25) is 5.02 Å². The molecule has 0 aliphatic heterocycles. The summed E-state index contributed by atoms with van der Waals surface area (Å²) in [5, 5.41) is 3.23. The summed E-state index contributed by atoms with van der Waals surface area (Å²) in [5.74, 6) is -0.864. The summed E-state index contributed by atoms with van der Waals surface area (Å²) in [6.07, 6.45) is 0.244. The second kappa shape index (κ2) is 14.7. The first-order chi connectivity index (χ1) is 20.6. The Morgan fingerprint density at radius 3 is 2.16 bits per heavy atom. The molecule has 7 nitrogen and oxygen atoms in total. The molecule has 0 aromatic heterocycles. The maximum atomic E-state index is 14.4. The highest BCUT2D eigenvalue weighted by molar-refractivity contribution is 9.10. The Morgan fingerprint density at radius 2 is 1.51 bits per heavy atom. The van der Waals surface area contributed by atoms with E-state index in [0.29, 0.717) is 17.1 Å². The lowest BCUT2D eigenvalue weighted by molar-refractivity contribution is -0.140. The van der Waals surface area contributed by atoms with Crippen LogP contribution in [-0.4, -0.2) is 44.3 Å². The SMILES string of the molecule is CCNC(=O)[C@@H](Cc1ccccc1)N(Cc1cccc(Br)c1)C(=O)CN(c1cccc(Cl)c1C)S(=O)(=O)c1ccccc1. The third kappa shape index (κ3) is 8.04. The van der Waals surface area contributed by atoms with E-state index >= 15 is 0 Å². The Labute approximate surface area is 266 Å². The molecule has 0 radical (unpaired) electrons. The van der Waals surface area contributed by atoms with E-state index in [9.17, 15) is 18.0 Å². The van der Waals surface area contributed by atoms with Gasteiger partial charge in [0.25, 0.3) is 10.0 Å². The van der Waals surface area contributed by atoms with Crippen LogP contribution in [0, 0.1) is 6.92 Å². The number of rotatable bonds is 12. The fourth-order valence-corrected chi connectivity index (χ4v) is 6.89. The molecular formula is C33H33BrClN3O4S. The van der Waals surface area contributed by atoms with E-state index in [1.54, 1.807) is 43.3 Å². The van der Waals surface area contributed by atoms with Crippen LogP contribution in [0.15, 0.2) is 112 Å². The third-order valence-corrected chi connectivity index (χ3v) is 9.66. The number of halogens is 2. The van der Waals surface area contributed by atoms with Gasteiger partial charge in [-0.05, 0) is 66.9 Å². The molecule has 0 bridgehead atoms. The van der Waals surface area contributed by atoms with Gasteiger partial charge in [0.05, 0.1) is 10.6 Å². The first kappa shape index (κ1) is 32.3. The lowest BCUT2D eigenvalue weighted by Crippen LogP contribution is -2.53. The van der Waals surface area contributed by atoms with Crippen LogP contribution in [0.25, 0.3) is 0 Å². The second-order valence-electron chi connectivity index (χ2n) is 9.96. The molecule has 0 saturated heterocycles. The van der Waals surface area contributed by atoms with Gasteiger partial charge in [-0.25, -0.2) is 8.42 Å². The van der Waals surface area contributed by atoms with Crippen molar-refractivity contribution in [2.24, 2.45) is 0 Å². The maximum absolute atomic E-state index is 14.4. The molecule has 2 amide bonds. The Hall–Kier alpha value is -3.66. The van der Waals surface area contributed by atoms with Crippen molar-refractivity contribution in [2.45, 2.75) is 37.8 Å². The summed E-state index contributed by atoms with van der Waals surface area (Å²) in [6, 6.07) is 28.9. The molecule has 0 fully saturated rings. The number of benzene rings is 4. The molecule has 0 spiro atoms. The molecular weight excluding hydrogens is 650 g/mol. The Bertz CT molecular complexity index is 1670. The first-order valence-corrected chi connectivity index (χ1v) is 16.4. The van der Waals surface area contributed by atoms with Gasteiger partial charge in [-0.3, -0.25) is 13.9 Å². The van der Waals surface area contributed by atoms with Crippen molar-refractivity contribution >= 4 is 55.1 Å². The van der Waals surface area contributed by atoms with Crippen molar-refractivity contribution in [1.82, 2.24) is 10.2 Å². The highest BCUT2D eigenvalue weighted by Crippen LogP contribution is 2.31. The predicted octanol–water partition coefficient (Wildman–Crippen LogP) is 6.38. The lowest BCUT2D eigenvalue weighted by Gasteiger charge is -2.34. The summed E-state index contributed by atoms with van der Waals surface area (Å²) in [5.41, 5.74) is 2.44. The van der Waals surface area contributed by atoms with E-state index in [0.717, 1.165) is 19.9 Å². The van der Waals surface area contributed by atoms with Gasteiger partial charge in [-0.1, -0.05) is 94.3 Å². The quantitative estimate of drug-likeness (QED) is 0.188. The van der Waals surface area contributed by atoms with E-state index in [1.807, 2.05) is 61.5 Å². The van der Waals surface area contributed by atoms with Gasteiger partial charge >= 0.3 is 0 Å². The molecule has 0 unspecified atom stereocenters. The highest BCUT2D eigenvalue weighted by Gasteiger charge is 2.35. The molecule has 0 aliphatic rings. The molecule has 4 aromatic rings. The van der Waals surface area contributed by atoms with Gasteiger partial charge in [0.15, 0.2) is 0 Å². The number of carbonyl (C=O) groups excluding carboxylic acids is 2. The number of anilines is 1. The smallest absolute Gasteiger partial charge is 0.264 e. The van der Waals surface area contributed by atoms with Crippen LogP contribution in [0.4, 0.5) is 5.69 Å². The van der Waals surface area contributed by atoms with Crippen molar-refractivity contribution in [1.29, 1.82) is 0 Å². The van der Waals surface area contributed by atoms with Gasteiger partial charge in [-0.2, -0.15) is 0 Å². The minimum atomic E-state index is -4.20. The fourth-order valence-electron chi connectivity index (χ4n) is 4.78. The number of nitrogens with one attached hydrogen (secondary N) is 1. The Balaban J connectivity index is 1.82. The number of nitrogens with zero attached hydrogens (tertiary/aromatic N) is 2. The van der Waals surface area contributed by atoms with Crippen molar-refractivity contribution in [3.8, 4) is 0 Å². The topological polar surface area (TPSA) is 86.8 Å². The second-order valence-corrected chi connectivity index (χ2v) is 13.1.